The molecule has 0 nitrogen and oxygen atoms in total. The van der Waals surface area contributed by atoms with Gasteiger partial charge in [0.25, 0.3) is 0 Å². The fraction of sp³-hybridized carbons (Fsp3) is 0.474. The second-order valence-corrected chi connectivity index (χ2v) is 5.75. The van der Waals surface area contributed by atoms with Gasteiger partial charge >= 0.3 is 0 Å². The molecule has 110 valence electrons. The van der Waals surface area contributed by atoms with Gasteiger partial charge in [-0.05, 0) is 49.7 Å². The average molecular weight is 291 g/mol. The molecule has 0 spiro atoms. The molecule has 0 bridgehead atoms. The second kappa shape index (κ2) is 9.02. The number of hydrogen-bond donors (Lipinski definition) is 0. The van der Waals surface area contributed by atoms with Gasteiger partial charge in [0.15, 0.2) is 0 Å². The molecule has 1 rings (SSSR count). The Morgan fingerprint density at radius 2 is 2.25 bits per heavy atom. The van der Waals surface area contributed by atoms with E-state index in [4.69, 9.17) is 11.6 Å². The molecule has 0 heterocycles. The van der Waals surface area contributed by atoms with Gasteiger partial charge in [0, 0.05) is 5.88 Å². The topological polar surface area (TPSA) is 0 Å². The first-order valence-corrected chi connectivity index (χ1v) is 8.11. The van der Waals surface area contributed by atoms with Gasteiger partial charge in [-0.2, -0.15) is 0 Å². The van der Waals surface area contributed by atoms with Gasteiger partial charge in [0.2, 0.25) is 0 Å². The molecular formula is C19H27Cl. The molecule has 1 atom stereocenters. The SMILES string of the molecule is C=C(/C=C(\CC)CCl)/C(=C\C)CCC1=CCC(C)C=C1. The van der Waals surface area contributed by atoms with Crippen LogP contribution in [0, 0.1) is 5.92 Å². The largest absolute Gasteiger partial charge is 0.122 e. The summed E-state index contributed by atoms with van der Waals surface area (Å²) in [5.74, 6) is 1.28. The van der Waals surface area contributed by atoms with Crippen LogP contribution in [0.1, 0.15) is 46.5 Å². The number of halogens is 1. The zero-order valence-electron chi connectivity index (χ0n) is 13.1. The van der Waals surface area contributed by atoms with Crippen molar-refractivity contribution in [1.82, 2.24) is 0 Å². The number of alkyl halides is 1. The van der Waals surface area contributed by atoms with E-state index in [0.29, 0.717) is 11.8 Å². The summed E-state index contributed by atoms with van der Waals surface area (Å²) in [6.45, 7) is 10.7. The first-order valence-electron chi connectivity index (χ1n) is 7.57. The van der Waals surface area contributed by atoms with Crippen LogP contribution in [0.25, 0.3) is 0 Å². The summed E-state index contributed by atoms with van der Waals surface area (Å²) in [5, 5.41) is 0. The van der Waals surface area contributed by atoms with Crippen LogP contribution in [0.5, 0.6) is 0 Å². The van der Waals surface area contributed by atoms with E-state index in [9.17, 15) is 0 Å². The Morgan fingerprint density at radius 1 is 1.50 bits per heavy atom. The molecule has 1 aliphatic rings. The lowest BCUT2D eigenvalue weighted by Gasteiger charge is -2.13. The van der Waals surface area contributed by atoms with Crippen LogP contribution in [-0.4, -0.2) is 5.88 Å². The highest BCUT2D eigenvalue weighted by molar-refractivity contribution is 6.19. The molecule has 0 amide bonds. The van der Waals surface area contributed by atoms with Gasteiger partial charge in [-0.3, -0.25) is 0 Å². The smallest absolute Gasteiger partial charge is 0.0436 e. The minimum atomic E-state index is 0.596. The average Bonchev–Trinajstić information content (AvgIpc) is 2.47. The summed E-state index contributed by atoms with van der Waals surface area (Å²) in [7, 11) is 0. The quantitative estimate of drug-likeness (QED) is 0.378. The molecule has 0 aromatic carbocycles. The zero-order chi connectivity index (χ0) is 15.0. The molecule has 1 heteroatoms. The minimum Gasteiger partial charge on any atom is -0.122 e. The fourth-order valence-corrected chi connectivity index (χ4v) is 2.57. The second-order valence-electron chi connectivity index (χ2n) is 5.48. The van der Waals surface area contributed by atoms with E-state index < -0.39 is 0 Å². The van der Waals surface area contributed by atoms with Gasteiger partial charge in [-0.1, -0.05) is 62.0 Å². The van der Waals surface area contributed by atoms with Crippen LogP contribution < -0.4 is 0 Å². The molecule has 0 N–H and O–H groups in total. The summed E-state index contributed by atoms with van der Waals surface area (Å²) in [6.07, 6.45) is 15.6. The predicted molar refractivity (Wildman–Crippen MR) is 92.2 cm³/mol. The Kier molecular flexibility index (Phi) is 7.69. The minimum absolute atomic E-state index is 0.596. The van der Waals surface area contributed by atoms with E-state index in [0.717, 1.165) is 24.8 Å². The molecule has 0 fully saturated rings. The number of hydrogen-bond acceptors (Lipinski definition) is 0. The molecule has 20 heavy (non-hydrogen) atoms. The number of rotatable bonds is 7. The van der Waals surface area contributed by atoms with Gasteiger partial charge in [-0.15, -0.1) is 11.6 Å². The highest BCUT2D eigenvalue weighted by Crippen LogP contribution is 2.24. The van der Waals surface area contributed by atoms with Crippen LogP contribution >= 0.6 is 11.6 Å². The summed E-state index contributed by atoms with van der Waals surface area (Å²) < 4.78 is 0. The highest BCUT2D eigenvalue weighted by Gasteiger charge is 2.06. The molecule has 0 saturated carbocycles. The molecule has 1 unspecified atom stereocenters. The van der Waals surface area contributed by atoms with Crippen LogP contribution in [-0.2, 0) is 0 Å². The highest BCUT2D eigenvalue weighted by atomic mass is 35.5. The molecule has 0 aliphatic heterocycles. The maximum absolute atomic E-state index is 5.92. The molecule has 0 aromatic heterocycles. The summed E-state index contributed by atoms with van der Waals surface area (Å²) in [6, 6.07) is 0. The van der Waals surface area contributed by atoms with E-state index in [1.807, 2.05) is 0 Å². The monoisotopic (exact) mass is 290 g/mol. The lowest BCUT2D eigenvalue weighted by Crippen LogP contribution is -1.96. The predicted octanol–water partition coefficient (Wildman–Crippen LogP) is 6.37. The van der Waals surface area contributed by atoms with Gasteiger partial charge in [0.05, 0.1) is 0 Å². The van der Waals surface area contributed by atoms with Crippen molar-refractivity contribution in [2.24, 2.45) is 5.92 Å². The third-order valence-electron chi connectivity index (χ3n) is 3.84. The van der Waals surface area contributed by atoms with Crippen molar-refractivity contribution in [3.05, 3.63) is 59.3 Å². The van der Waals surface area contributed by atoms with Crippen LogP contribution in [0.2, 0.25) is 0 Å². The number of allylic oxidation sites excluding steroid dienone is 9. The fourth-order valence-electron chi connectivity index (χ4n) is 2.30. The lowest BCUT2D eigenvalue weighted by molar-refractivity contribution is 0.723. The Balaban J connectivity index is 2.58. The van der Waals surface area contributed by atoms with Gasteiger partial charge < -0.3 is 0 Å². The van der Waals surface area contributed by atoms with E-state index in [1.165, 1.54) is 23.1 Å². The third kappa shape index (κ3) is 5.54. The van der Waals surface area contributed by atoms with Crippen molar-refractivity contribution in [3.8, 4) is 0 Å². The van der Waals surface area contributed by atoms with Gasteiger partial charge in [0.1, 0.15) is 0 Å². The maximum Gasteiger partial charge on any atom is 0.0436 e. The zero-order valence-corrected chi connectivity index (χ0v) is 13.8. The lowest BCUT2D eigenvalue weighted by atomic mass is 9.92. The Hall–Kier alpha value is -1.01. The summed E-state index contributed by atoms with van der Waals surface area (Å²) >= 11 is 5.92. The summed E-state index contributed by atoms with van der Waals surface area (Å²) in [5.41, 5.74) is 5.14. The normalized spacial score (nSPS) is 20.0. The molecule has 1 aliphatic carbocycles. The van der Waals surface area contributed by atoms with E-state index >= 15 is 0 Å². The van der Waals surface area contributed by atoms with E-state index in [-0.39, 0.29) is 0 Å². The van der Waals surface area contributed by atoms with E-state index in [1.54, 1.807) is 0 Å². The van der Waals surface area contributed by atoms with Crippen molar-refractivity contribution in [2.45, 2.75) is 46.5 Å². The van der Waals surface area contributed by atoms with Crippen molar-refractivity contribution >= 4 is 11.6 Å². The van der Waals surface area contributed by atoms with E-state index in [2.05, 4.69) is 57.7 Å². The standard InChI is InChI=1S/C19H27Cl/c1-5-17(14-20)13-16(4)19(6-2)12-11-18-9-7-15(3)8-10-18/h6-7,9-10,13,15H,4-5,8,11-12,14H2,1-3H3/b17-13+,19-6-. The Bertz CT molecular complexity index is 440. The first kappa shape index (κ1) is 17.0. The van der Waals surface area contributed by atoms with Crippen molar-refractivity contribution in [2.75, 3.05) is 5.88 Å². The maximum atomic E-state index is 5.92. The van der Waals surface area contributed by atoms with Crippen LogP contribution in [0.4, 0.5) is 0 Å². The van der Waals surface area contributed by atoms with Crippen LogP contribution in [0.3, 0.4) is 0 Å². The third-order valence-corrected chi connectivity index (χ3v) is 4.18. The first-order chi connectivity index (χ1) is 9.60. The Morgan fingerprint density at radius 3 is 2.75 bits per heavy atom. The molecule has 0 aromatic rings. The van der Waals surface area contributed by atoms with Crippen molar-refractivity contribution < 1.29 is 0 Å². The summed E-state index contributed by atoms with van der Waals surface area (Å²) in [4.78, 5) is 0. The van der Waals surface area contributed by atoms with Crippen molar-refractivity contribution in [1.29, 1.82) is 0 Å². The van der Waals surface area contributed by atoms with Crippen molar-refractivity contribution in [3.63, 3.8) is 0 Å². The Labute approximate surface area is 129 Å². The molecule has 0 saturated heterocycles. The molecular weight excluding hydrogens is 264 g/mol. The van der Waals surface area contributed by atoms with Crippen LogP contribution in [0.15, 0.2) is 59.3 Å². The molecule has 0 radical (unpaired) electrons. The van der Waals surface area contributed by atoms with Gasteiger partial charge in [-0.25, -0.2) is 0 Å².